The monoisotopic (exact) mass is 529 g/mol. The third-order valence-corrected chi connectivity index (χ3v) is 12.2. The van der Waals surface area contributed by atoms with Gasteiger partial charge in [0.2, 0.25) is 0 Å². The van der Waals surface area contributed by atoms with Crippen LogP contribution in [0.1, 0.15) is 88.4 Å². The Balaban J connectivity index is 1.22. The molecular formula is C35H39N5. The van der Waals surface area contributed by atoms with Crippen molar-refractivity contribution in [3.05, 3.63) is 59.3 Å². The standard InChI is InChI=1S/C35H39N5/c1-36-29-12-27(30-3-4-40(2)39-30)11-28(13-29)33-37-31(34-15-21-5-22(16-34)7-23(6-21)17-34)14-32(38-33)35-18-24-8-25(19-35)10-26(9-24)20-35/h3-4,11-14,21-26H,5-10,15-20H2,2H3. The van der Waals surface area contributed by atoms with Crippen molar-refractivity contribution in [3.8, 4) is 22.6 Å². The largest absolute Gasteiger partial charge is 0.275 e. The Morgan fingerprint density at radius 1 is 0.700 bits per heavy atom. The maximum absolute atomic E-state index is 7.87. The lowest BCUT2D eigenvalue weighted by atomic mass is 9.47. The molecule has 0 atom stereocenters. The summed E-state index contributed by atoms with van der Waals surface area (Å²) in [4.78, 5) is 14.9. The summed E-state index contributed by atoms with van der Waals surface area (Å²) >= 11 is 0. The van der Waals surface area contributed by atoms with Crippen molar-refractivity contribution in [2.45, 2.75) is 87.9 Å². The average Bonchev–Trinajstić information content (AvgIpc) is 3.37. The lowest BCUT2D eigenvalue weighted by molar-refractivity contribution is -0.0110. The lowest BCUT2D eigenvalue weighted by Crippen LogP contribution is -2.50. The van der Waals surface area contributed by atoms with Crippen LogP contribution in [0.4, 0.5) is 5.69 Å². The summed E-state index contributed by atoms with van der Waals surface area (Å²) in [5, 5.41) is 4.65. The molecule has 0 N–H and O–H groups in total. The fourth-order valence-electron chi connectivity index (χ4n) is 11.5. The minimum absolute atomic E-state index is 0.227. The van der Waals surface area contributed by atoms with Crippen LogP contribution in [0.5, 0.6) is 0 Å². The highest BCUT2D eigenvalue weighted by atomic mass is 15.2. The van der Waals surface area contributed by atoms with Crippen LogP contribution < -0.4 is 0 Å². The molecule has 40 heavy (non-hydrogen) atoms. The van der Waals surface area contributed by atoms with E-state index < -0.39 is 0 Å². The highest BCUT2D eigenvalue weighted by Crippen LogP contribution is 2.63. The number of rotatable bonds is 4. The Kier molecular flexibility index (Phi) is 4.90. The zero-order chi connectivity index (χ0) is 26.6. The van der Waals surface area contributed by atoms with E-state index in [0.717, 1.165) is 58.2 Å². The van der Waals surface area contributed by atoms with E-state index in [0.29, 0.717) is 5.69 Å². The Labute approximate surface area is 237 Å². The predicted molar refractivity (Wildman–Crippen MR) is 156 cm³/mol. The first-order chi connectivity index (χ1) is 19.4. The van der Waals surface area contributed by atoms with Crippen LogP contribution in [0.2, 0.25) is 0 Å². The molecule has 204 valence electrons. The third kappa shape index (κ3) is 3.60. The van der Waals surface area contributed by atoms with E-state index in [1.165, 1.54) is 88.4 Å². The molecule has 8 aliphatic carbocycles. The molecule has 3 aromatic rings. The molecule has 2 heterocycles. The van der Waals surface area contributed by atoms with Crippen LogP contribution in [0.15, 0.2) is 36.5 Å². The summed E-state index contributed by atoms with van der Waals surface area (Å²) in [6.45, 7) is 7.87. The summed E-state index contributed by atoms with van der Waals surface area (Å²) in [5.41, 5.74) is 6.63. The highest BCUT2D eigenvalue weighted by molar-refractivity contribution is 5.74. The molecule has 8 fully saturated rings. The average molecular weight is 530 g/mol. The molecule has 8 aliphatic rings. The number of benzene rings is 1. The predicted octanol–water partition coefficient (Wildman–Crippen LogP) is 8.03. The molecule has 1 aromatic carbocycles. The summed E-state index contributed by atoms with van der Waals surface area (Å²) < 4.78 is 1.83. The first-order valence-corrected chi connectivity index (χ1v) is 15.9. The van der Waals surface area contributed by atoms with Gasteiger partial charge in [-0.05, 0) is 148 Å². The summed E-state index contributed by atoms with van der Waals surface area (Å²) in [5.74, 6) is 6.15. The first-order valence-electron chi connectivity index (χ1n) is 15.9. The molecule has 5 heteroatoms. The van der Waals surface area contributed by atoms with Crippen molar-refractivity contribution in [2.75, 3.05) is 0 Å². The van der Waals surface area contributed by atoms with E-state index in [9.17, 15) is 0 Å². The van der Waals surface area contributed by atoms with Gasteiger partial charge in [-0.3, -0.25) is 4.68 Å². The summed E-state index contributed by atoms with van der Waals surface area (Å²) in [6.07, 6.45) is 18.5. The van der Waals surface area contributed by atoms with Crippen molar-refractivity contribution in [1.29, 1.82) is 0 Å². The molecule has 0 aliphatic heterocycles. The Bertz CT molecular complexity index is 1420. The normalized spacial score (nSPS) is 38.6. The number of aromatic nitrogens is 4. The van der Waals surface area contributed by atoms with Gasteiger partial charge in [0.25, 0.3) is 0 Å². The minimum atomic E-state index is 0.227. The van der Waals surface area contributed by atoms with Gasteiger partial charge < -0.3 is 0 Å². The van der Waals surface area contributed by atoms with Gasteiger partial charge in [0.05, 0.1) is 23.7 Å². The van der Waals surface area contributed by atoms with Gasteiger partial charge in [-0.15, -0.1) is 0 Å². The van der Waals surface area contributed by atoms with Gasteiger partial charge in [0.15, 0.2) is 11.5 Å². The Hall–Kier alpha value is -3.00. The zero-order valence-electron chi connectivity index (χ0n) is 23.6. The second kappa shape index (κ2) is 8.28. The molecule has 8 bridgehead atoms. The van der Waals surface area contributed by atoms with Crippen LogP contribution in [-0.2, 0) is 17.9 Å². The van der Waals surface area contributed by atoms with E-state index in [1.807, 2.05) is 36.1 Å². The number of hydrogen-bond acceptors (Lipinski definition) is 3. The molecule has 8 saturated carbocycles. The quantitative estimate of drug-likeness (QED) is 0.321. The summed E-state index contributed by atoms with van der Waals surface area (Å²) in [6, 6.07) is 10.7. The Morgan fingerprint density at radius 3 is 1.60 bits per heavy atom. The van der Waals surface area contributed by atoms with E-state index >= 15 is 0 Å². The topological polar surface area (TPSA) is 48.0 Å². The number of aryl methyl sites for hydroxylation is 1. The second-order valence-electron chi connectivity index (χ2n) is 15.1. The number of nitrogens with zero attached hydrogens (tertiary/aromatic N) is 5. The molecule has 5 nitrogen and oxygen atoms in total. The van der Waals surface area contributed by atoms with Crippen LogP contribution in [0, 0.1) is 42.1 Å². The van der Waals surface area contributed by atoms with Gasteiger partial charge in [0.1, 0.15) is 0 Å². The maximum atomic E-state index is 7.87. The van der Waals surface area contributed by atoms with Crippen LogP contribution in [0.25, 0.3) is 27.5 Å². The van der Waals surface area contributed by atoms with Crippen LogP contribution >= 0.6 is 0 Å². The maximum Gasteiger partial charge on any atom is 0.188 e. The Morgan fingerprint density at radius 2 is 1.18 bits per heavy atom. The molecule has 0 spiro atoms. The smallest absolute Gasteiger partial charge is 0.188 e. The fraction of sp³-hybridized carbons (Fsp3) is 0.600. The van der Waals surface area contributed by atoms with Gasteiger partial charge >= 0.3 is 0 Å². The van der Waals surface area contributed by atoms with Gasteiger partial charge in [-0.2, -0.15) is 5.10 Å². The highest BCUT2D eigenvalue weighted by Gasteiger charge is 2.55. The molecule has 2 aromatic heterocycles. The van der Waals surface area contributed by atoms with Gasteiger partial charge in [0, 0.05) is 29.6 Å². The SMILES string of the molecule is [C-]#[N+]c1cc(-c2ccn(C)n2)cc(-c2nc(C34CC5CC(CC(C5)C3)C4)cc(C34CC5CC(CC(C5)C3)C4)n2)c1. The van der Waals surface area contributed by atoms with Crippen LogP contribution in [-0.4, -0.2) is 19.7 Å². The lowest BCUT2D eigenvalue weighted by Gasteiger charge is -2.58. The molecular weight excluding hydrogens is 490 g/mol. The van der Waals surface area contributed by atoms with E-state index in [-0.39, 0.29) is 10.8 Å². The minimum Gasteiger partial charge on any atom is -0.275 e. The summed E-state index contributed by atoms with van der Waals surface area (Å²) in [7, 11) is 1.94. The van der Waals surface area contributed by atoms with Crippen LogP contribution in [0.3, 0.4) is 0 Å². The van der Waals surface area contributed by atoms with Crippen molar-refractivity contribution >= 4 is 5.69 Å². The first kappa shape index (κ1) is 23.7. The van der Waals surface area contributed by atoms with E-state index in [1.54, 1.807) is 0 Å². The molecule has 11 rings (SSSR count). The zero-order valence-corrected chi connectivity index (χ0v) is 23.6. The van der Waals surface area contributed by atoms with Crippen molar-refractivity contribution in [1.82, 2.24) is 19.7 Å². The number of hydrogen-bond donors (Lipinski definition) is 0. The van der Waals surface area contributed by atoms with Crippen molar-refractivity contribution in [3.63, 3.8) is 0 Å². The molecule has 0 saturated heterocycles. The van der Waals surface area contributed by atoms with Gasteiger partial charge in [-0.25, -0.2) is 14.8 Å². The van der Waals surface area contributed by atoms with E-state index in [4.69, 9.17) is 16.5 Å². The van der Waals surface area contributed by atoms with Gasteiger partial charge in [-0.1, -0.05) is 0 Å². The van der Waals surface area contributed by atoms with Crippen molar-refractivity contribution in [2.24, 2.45) is 42.6 Å². The van der Waals surface area contributed by atoms with E-state index in [2.05, 4.69) is 22.1 Å². The second-order valence-corrected chi connectivity index (χ2v) is 15.1. The fourth-order valence-corrected chi connectivity index (χ4v) is 11.5. The third-order valence-electron chi connectivity index (χ3n) is 12.2. The van der Waals surface area contributed by atoms with Crippen molar-refractivity contribution < 1.29 is 0 Å². The molecule has 0 amide bonds. The molecule has 0 unspecified atom stereocenters. The molecule has 0 radical (unpaired) electrons.